The summed E-state index contributed by atoms with van der Waals surface area (Å²) in [5, 5.41) is 7.49. The Bertz CT molecular complexity index is 973. The van der Waals surface area contributed by atoms with E-state index >= 15 is 0 Å². The molecule has 0 heterocycles. The molecule has 148 valence electrons. The Labute approximate surface area is 162 Å². The standard InChI is InChI=1S/C19H20N2O6S/c1-13(19(24)21-15-8-5-9-16(12-15)28(20,25)26)27-18(23)11-10-17(22)14-6-3-2-4-7-14/h2-9,12-13H,10-11H2,1H3,(H,21,24)(H2,20,25,26)/t13-/m1/s1. The number of carbonyl (C=O) groups excluding carboxylic acids is 3. The molecule has 9 heteroatoms. The summed E-state index contributed by atoms with van der Waals surface area (Å²) in [6.45, 7) is 1.37. The first kappa shape index (κ1) is 21.3. The number of nitrogens with one attached hydrogen (secondary N) is 1. The number of esters is 1. The second kappa shape index (κ2) is 9.25. The average molecular weight is 404 g/mol. The second-order valence-corrected chi connectivity index (χ2v) is 7.54. The van der Waals surface area contributed by atoms with Crippen LogP contribution in [-0.4, -0.2) is 32.2 Å². The average Bonchev–Trinajstić information content (AvgIpc) is 2.66. The minimum atomic E-state index is -3.91. The van der Waals surface area contributed by atoms with Gasteiger partial charge >= 0.3 is 5.97 Å². The third-order valence-corrected chi connectivity index (χ3v) is 4.67. The molecule has 2 rings (SSSR count). The molecule has 2 aromatic carbocycles. The largest absolute Gasteiger partial charge is 0.453 e. The molecule has 0 fully saturated rings. The van der Waals surface area contributed by atoms with E-state index in [1.165, 1.54) is 31.2 Å². The minimum absolute atomic E-state index is 0.0341. The maximum atomic E-state index is 12.1. The number of amides is 1. The van der Waals surface area contributed by atoms with E-state index in [9.17, 15) is 22.8 Å². The van der Waals surface area contributed by atoms with E-state index in [0.29, 0.717) is 5.56 Å². The number of benzene rings is 2. The van der Waals surface area contributed by atoms with Crippen molar-refractivity contribution in [3.8, 4) is 0 Å². The lowest BCUT2D eigenvalue weighted by atomic mass is 10.1. The van der Waals surface area contributed by atoms with Gasteiger partial charge in [-0.1, -0.05) is 36.4 Å². The van der Waals surface area contributed by atoms with Crippen LogP contribution in [-0.2, 0) is 24.3 Å². The highest BCUT2D eigenvalue weighted by molar-refractivity contribution is 7.89. The van der Waals surface area contributed by atoms with Gasteiger partial charge in [0.05, 0.1) is 11.3 Å². The van der Waals surface area contributed by atoms with Gasteiger partial charge in [-0.3, -0.25) is 14.4 Å². The molecule has 0 unspecified atom stereocenters. The highest BCUT2D eigenvalue weighted by Gasteiger charge is 2.19. The summed E-state index contributed by atoms with van der Waals surface area (Å²) < 4.78 is 27.7. The molecule has 0 saturated heterocycles. The third kappa shape index (κ3) is 6.29. The molecule has 0 aromatic heterocycles. The van der Waals surface area contributed by atoms with Gasteiger partial charge in [0.1, 0.15) is 0 Å². The molecule has 0 radical (unpaired) electrons. The lowest BCUT2D eigenvalue weighted by Crippen LogP contribution is -2.30. The smallest absolute Gasteiger partial charge is 0.307 e. The van der Waals surface area contributed by atoms with Gasteiger partial charge in [0.25, 0.3) is 5.91 Å². The van der Waals surface area contributed by atoms with E-state index < -0.39 is 28.0 Å². The van der Waals surface area contributed by atoms with Crippen LogP contribution in [0, 0.1) is 0 Å². The van der Waals surface area contributed by atoms with Crippen molar-refractivity contribution in [2.75, 3.05) is 5.32 Å². The van der Waals surface area contributed by atoms with Crippen LogP contribution in [0.2, 0.25) is 0 Å². The fraction of sp³-hybridized carbons (Fsp3) is 0.211. The summed E-state index contributed by atoms with van der Waals surface area (Å²) >= 11 is 0. The van der Waals surface area contributed by atoms with Crippen molar-refractivity contribution >= 4 is 33.4 Å². The quantitative estimate of drug-likeness (QED) is 0.510. The highest BCUT2D eigenvalue weighted by atomic mass is 32.2. The Kier molecular flexibility index (Phi) is 7.02. The third-order valence-electron chi connectivity index (χ3n) is 3.76. The fourth-order valence-corrected chi connectivity index (χ4v) is 2.85. The Morgan fingerprint density at radius 2 is 1.71 bits per heavy atom. The monoisotopic (exact) mass is 404 g/mol. The first-order chi connectivity index (χ1) is 13.2. The van der Waals surface area contributed by atoms with Gasteiger partial charge < -0.3 is 10.1 Å². The SMILES string of the molecule is C[C@@H](OC(=O)CCC(=O)c1ccccc1)C(=O)Nc1cccc(S(N)(=O)=O)c1. The summed E-state index contributed by atoms with van der Waals surface area (Å²) in [6, 6.07) is 13.9. The van der Waals surface area contributed by atoms with Crippen molar-refractivity contribution in [2.24, 2.45) is 5.14 Å². The van der Waals surface area contributed by atoms with E-state index in [-0.39, 0.29) is 29.2 Å². The van der Waals surface area contributed by atoms with Gasteiger partial charge in [-0.15, -0.1) is 0 Å². The molecule has 0 aliphatic heterocycles. The van der Waals surface area contributed by atoms with Gasteiger partial charge in [0, 0.05) is 17.7 Å². The van der Waals surface area contributed by atoms with Crippen LogP contribution in [0.1, 0.15) is 30.1 Å². The second-order valence-electron chi connectivity index (χ2n) is 5.98. The Morgan fingerprint density at radius 3 is 2.36 bits per heavy atom. The Morgan fingerprint density at radius 1 is 1.04 bits per heavy atom. The fourth-order valence-electron chi connectivity index (χ4n) is 2.29. The number of sulfonamides is 1. The molecule has 0 bridgehead atoms. The first-order valence-corrected chi connectivity index (χ1v) is 9.93. The zero-order valence-electron chi connectivity index (χ0n) is 15.1. The van der Waals surface area contributed by atoms with Gasteiger partial charge in [0.15, 0.2) is 11.9 Å². The number of nitrogens with two attached hydrogens (primary N) is 1. The Balaban J connectivity index is 1.86. The Hall–Kier alpha value is -3.04. The van der Waals surface area contributed by atoms with E-state index in [2.05, 4.69) is 5.32 Å². The molecule has 28 heavy (non-hydrogen) atoms. The number of carbonyl (C=O) groups is 3. The van der Waals surface area contributed by atoms with Crippen molar-refractivity contribution < 1.29 is 27.5 Å². The number of hydrogen-bond donors (Lipinski definition) is 2. The van der Waals surface area contributed by atoms with Gasteiger partial charge in [0.2, 0.25) is 10.0 Å². The molecule has 2 aromatic rings. The summed E-state index contributed by atoms with van der Waals surface area (Å²) in [5.41, 5.74) is 0.689. The molecule has 8 nitrogen and oxygen atoms in total. The molecule has 0 aliphatic carbocycles. The minimum Gasteiger partial charge on any atom is -0.453 e. The number of ether oxygens (including phenoxy) is 1. The predicted octanol–water partition coefficient (Wildman–Crippen LogP) is 1.87. The molecular weight excluding hydrogens is 384 g/mol. The van der Waals surface area contributed by atoms with Gasteiger partial charge in [-0.2, -0.15) is 0 Å². The van der Waals surface area contributed by atoms with Crippen LogP contribution >= 0.6 is 0 Å². The summed E-state index contributed by atoms with van der Waals surface area (Å²) in [6.07, 6.45) is -1.32. The molecule has 1 amide bonds. The van der Waals surface area contributed by atoms with Crippen LogP contribution < -0.4 is 10.5 Å². The maximum absolute atomic E-state index is 12.1. The molecular formula is C19H20N2O6S. The van der Waals surface area contributed by atoms with Crippen LogP contribution in [0.5, 0.6) is 0 Å². The highest BCUT2D eigenvalue weighted by Crippen LogP contribution is 2.15. The number of Topliss-reactive ketones (excluding diaryl/α,β-unsaturated/α-hetero) is 1. The molecule has 0 spiro atoms. The van der Waals surface area contributed by atoms with Crippen molar-refractivity contribution in [1.82, 2.24) is 0 Å². The molecule has 3 N–H and O–H groups in total. The predicted molar refractivity (Wildman–Crippen MR) is 102 cm³/mol. The molecule has 0 aliphatic rings. The number of rotatable bonds is 8. The van der Waals surface area contributed by atoms with Crippen molar-refractivity contribution in [1.29, 1.82) is 0 Å². The lowest BCUT2D eigenvalue weighted by molar-refractivity contribution is -0.153. The maximum Gasteiger partial charge on any atom is 0.307 e. The van der Waals surface area contributed by atoms with Crippen molar-refractivity contribution in [3.05, 3.63) is 60.2 Å². The normalized spacial score (nSPS) is 12.1. The number of hydrogen-bond acceptors (Lipinski definition) is 6. The van der Waals surface area contributed by atoms with Crippen molar-refractivity contribution in [2.45, 2.75) is 30.8 Å². The molecule has 0 saturated carbocycles. The first-order valence-electron chi connectivity index (χ1n) is 8.38. The summed E-state index contributed by atoms with van der Waals surface area (Å²) in [7, 11) is -3.91. The number of ketones is 1. The van der Waals surface area contributed by atoms with Gasteiger partial charge in [-0.05, 0) is 25.1 Å². The zero-order valence-corrected chi connectivity index (χ0v) is 15.9. The summed E-state index contributed by atoms with van der Waals surface area (Å²) in [4.78, 5) is 35.8. The zero-order chi connectivity index (χ0) is 20.7. The number of primary sulfonamides is 1. The topological polar surface area (TPSA) is 133 Å². The van der Waals surface area contributed by atoms with Gasteiger partial charge in [-0.25, -0.2) is 13.6 Å². The van der Waals surface area contributed by atoms with Crippen molar-refractivity contribution in [3.63, 3.8) is 0 Å². The van der Waals surface area contributed by atoms with Crippen LogP contribution in [0.3, 0.4) is 0 Å². The van der Waals surface area contributed by atoms with E-state index in [0.717, 1.165) is 0 Å². The van der Waals surface area contributed by atoms with Crippen LogP contribution in [0.15, 0.2) is 59.5 Å². The van der Waals surface area contributed by atoms with Crippen LogP contribution in [0.4, 0.5) is 5.69 Å². The molecule has 1 atom stereocenters. The van der Waals surface area contributed by atoms with E-state index in [1.807, 2.05) is 0 Å². The number of anilines is 1. The van der Waals surface area contributed by atoms with Crippen LogP contribution in [0.25, 0.3) is 0 Å². The van der Waals surface area contributed by atoms with E-state index in [1.54, 1.807) is 30.3 Å². The lowest BCUT2D eigenvalue weighted by Gasteiger charge is -2.14. The van der Waals surface area contributed by atoms with E-state index in [4.69, 9.17) is 9.88 Å². The summed E-state index contributed by atoms with van der Waals surface area (Å²) in [5.74, 6) is -1.53.